The fourth-order valence-corrected chi connectivity index (χ4v) is 4.84. The molecule has 1 saturated carbocycles. The Morgan fingerprint density at radius 1 is 0.938 bits per heavy atom. The third kappa shape index (κ3) is 5.57. The maximum atomic E-state index is 4.81. The minimum absolute atomic E-state index is 0.454. The zero-order valence-corrected chi connectivity index (χ0v) is 19.7. The summed E-state index contributed by atoms with van der Waals surface area (Å²) in [6, 6.07) is 19.6. The van der Waals surface area contributed by atoms with Gasteiger partial charge in [0, 0.05) is 32.1 Å². The van der Waals surface area contributed by atoms with Crippen molar-refractivity contribution in [3.05, 3.63) is 60.2 Å². The van der Waals surface area contributed by atoms with E-state index in [9.17, 15) is 0 Å². The summed E-state index contributed by atoms with van der Waals surface area (Å²) in [7, 11) is 4.08. The molecular weight excluding hydrogens is 394 g/mol. The maximum Gasteiger partial charge on any atom is 0.225 e. The summed E-state index contributed by atoms with van der Waals surface area (Å²) in [6.07, 6.45) is 6.03. The van der Waals surface area contributed by atoms with Gasteiger partial charge in [0.05, 0.1) is 5.52 Å². The minimum Gasteiger partial charge on any atom is -0.362 e. The molecule has 1 unspecified atom stereocenters. The Kier molecular flexibility index (Phi) is 7.59. The molecule has 0 radical (unpaired) electrons. The molecule has 1 atom stereocenters. The van der Waals surface area contributed by atoms with E-state index in [2.05, 4.69) is 64.9 Å². The Bertz CT molecular complexity index is 980. The molecule has 1 fully saturated rings. The van der Waals surface area contributed by atoms with Gasteiger partial charge in [0.1, 0.15) is 5.82 Å². The van der Waals surface area contributed by atoms with Crippen LogP contribution in [0.1, 0.15) is 50.5 Å². The summed E-state index contributed by atoms with van der Waals surface area (Å²) < 4.78 is 0. The average Bonchev–Trinajstić information content (AvgIpc) is 2.83. The van der Waals surface area contributed by atoms with E-state index >= 15 is 0 Å². The molecule has 5 nitrogen and oxygen atoms in total. The number of rotatable bonds is 9. The summed E-state index contributed by atoms with van der Waals surface area (Å²) in [5.74, 6) is 3.09. The fraction of sp³-hybridized carbons (Fsp3) is 0.481. The zero-order valence-electron chi connectivity index (χ0n) is 19.7. The van der Waals surface area contributed by atoms with Gasteiger partial charge in [-0.1, -0.05) is 49.4 Å². The van der Waals surface area contributed by atoms with Gasteiger partial charge >= 0.3 is 0 Å². The Hall–Kier alpha value is -2.66. The van der Waals surface area contributed by atoms with Gasteiger partial charge in [-0.3, -0.25) is 0 Å². The first-order chi connectivity index (χ1) is 15.6. The molecule has 0 spiro atoms. The molecule has 2 N–H and O–H groups in total. The lowest BCUT2D eigenvalue weighted by Crippen LogP contribution is -2.33. The Labute approximate surface area is 192 Å². The van der Waals surface area contributed by atoms with E-state index < -0.39 is 0 Å². The summed E-state index contributed by atoms with van der Waals surface area (Å²) in [5, 5.41) is 8.48. The number of para-hydroxylation sites is 1. The monoisotopic (exact) mass is 431 g/mol. The van der Waals surface area contributed by atoms with Crippen LogP contribution >= 0.6 is 0 Å². The molecular formula is C27H37N5. The van der Waals surface area contributed by atoms with Crippen LogP contribution in [-0.4, -0.2) is 43.2 Å². The molecule has 1 aliphatic carbocycles. The zero-order chi connectivity index (χ0) is 22.3. The Morgan fingerprint density at radius 2 is 1.66 bits per heavy atom. The van der Waals surface area contributed by atoms with Crippen LogP contribution in [0.4, 0.5) is 11.8 Å². The van der Waals surface area contributed by atoms with Crippen molar-refractivity contribution in [1.29, 1.82) is 0 Å². The third-order valence-electron chi connectivity index (χ3n) is 6.77. The van der Waals surface area contributed by atoms with E-state index in [0.717, 1.165) is 41.7 Å². The largest absolute Gasteiger partial charge is 0.362 e. The number of hydrogen-bond acceptors (Lipinski definition) is 5. The molecule has 0 amide bonds. The van der Waals surface area contributed by atoms with Crippen molar-refractivity contribution < 1.29 is 0 Å². The van der Waals surface area contributed by atoms with Crippen molar-refractivity contribution in [3.63, 3.8) is 0 Å². The topological polar surface area (TPSA) is 53.1 Å². The number of aromatic nitrogens is 2. The first-order valence-corrected chi connectivity index (χ1v) is 12.1. The highest BCUT2D eigenvalue weighted by molar-refractivity contribution is 5.90. The van der Waals surface area contributed by atoms with Crippen LogP contribution in [0.25, 0.3) is 10.9 Å². The predicted molar refractivity (Wildman–Crippen MR) is 136 cm³/mol. The van der Waals surface area contributed by atoms with Gasteiger partial charge in [-0.15, -0.1) is 0 Å². The second-order valence-electron chi connectivity index (χ2n) is 9.32. The molecule has 0 saturated heterocycles. The average molecular weight is 432 g/mol. The second kappa shape index (κ2) is 10.8. The highest BCUT2D eigenvalue weighted by atomic mass is 15.2. The number of fused-ring (bicyclic) bond motifs is 1. The molecule has 1 heterocycles. The Morgan fingerprint density at radius 3 is 2.38 bits per heavy atom. The van der Waals surface area contributed by atoms with E-state index in [4.69, 9.17) is 9.97 Å². The molecule has 3 aromatic rings. The lowest BCUT2D eigenvalue weighted by atomic mass is 9.86. The van der Waals surface area contributed by atoms with Crippen LogP contribution in [0, 0.1) is 5.92 Å². The first kappa shape index (κ1) is 22.5. The number of nitrogens with zero attached hydrogens (tertiary/aromatic N) is 3. The van der Waals surface area contributed by atoms with Gasteiger partial charge in [0.15, 0.2) is 0 Å². The number of hydrogen-bond donors (Lipinski definition) is 2. The van der Waals surface area contributed by atoms with Gasteiger partial charge in [0.2, 0.25) is 5.95 Å². The number of anilines is 2. The highest BCUT2D eigenvalue weighted by Gasteiger charge is 2.22. The number of benzene rings is 2. The molecule has 1 aromatic heterocycles. The Balaban J connectivity index is 1.27. The van der Waals surface area contributed by atoms with Gasteiger partial charge in [-0.25, -0.2) is 4.98 Å². The number of nitrogens with one attached hydrogen (secondary N) is 2. The minimum atomic E-state index is 0.454. The summed E-state index contributed by atoms with van der Waals surface area (Å²) in [4.78, 5) is 11.7. The van der Waals surface area contributed by atoms with Crippen LogP contribution in [0.3, 0.4) is 0 Å². The highest BCUT2D eigenvalue weighted by Crippen LogP contribution is 2.28. The van der Waals surface area contributed by atoms with Gasteiger partial charge in [0.25, 0.3) is 0 Å². The van der Waals surface area contributed by atoms with E-state index in [-0.39, 0.29) is 0 Å². The van der Waals surface area contributed by atoms with Crippen LogP contribution in [0.2, 0.25) is 0 Å². The standard InChI is InChI=1S/C27H37N5/c1-4-21(22-10-6-5-7-11-22)19-28-18-20-14-16-23(17-15-20)29-27-30-25-13-9-8-12-24(25)26(31-27)32(2)3/h5-13,20-21,23,28H,4,14-19H2,1-3H3,(H,29,30,31). The molecule has 170 valence electrons. The fourth-order valence-electron chi connectivity index (χ4n) is 4.84. The molecule has 0 bridgehead atoms. The van der Waals surface area contributed by atoms with Crippen molar-refractivity contribution in [2.24, 2.45) is 5.92 Å². The van der Waals surface area contributed by atoms with Gasteiger partial charge in [-0.05, 0) is 68.2 Å². The summed E-state index contributed by atoms with van der Waals surface area (Å²) in [6.45, 7) is 4.47. The van der Waals surface area contributed by atoms with Crippen molar-refractivity contribution in [2.45, 2.75) is 51.0 Å². The van der Waals surface area contributed by atoms with Crippen molar-refractivity contribution in [2.75, 3.05) is 37.4 Å². The lowest BCUT2D eigenvalue weighted by molar-refractivity contribution is 0.321. The van der Waals surface area contributed by atoms with Crippen LogP contribution in [0.5, 0.6) is 0 Å². The third-order valence-corrected chi connectivity index (χ3v) is 6.77. The quantitative estimate of drug-likeness (QED) is 0.472. The predicted octanol–water partition coefficient (Wildman–Crippen LogP) is 5.45. The van der Waals surface area contributed by atoms with E-state index in [1.54, 1.807) is 0 Å². The smallest absolute Gasteiger partial charge is 0.225 e. The van der Waals surface area contributed by atoms with Crippen LogP contribution in [0.15, 0.2) is 54.6 Å². The summed E-state index contributed by atoms with van der Waals surface area (Å²) in [5.41, 5.74) is 2.44. The maximum absolute atomic E-state index is 4.81. The van der Waals surface area contributed by atoms with Crippen LogP contribution < -0.4 is 15.5 Å². The van der Waals surface area contributed by atoms with Crippen molar-refractivity contribution >= 4 is 22.7 Å². The van der Waals surface area contributed by atoms with Crippen LogP contribution in [-0.2, 0) is 0 Å². The molecule has 1 aliphatic rings. The molecule has 0 aliphatic heterocycles. The molecule has 32 heavy (non-hydrogen) atoms. The second-order valence-corrected chi connectivity index (χ2v) is 9.32. The van der Waals surface area contributed by atoms with E-state index in [0.29, 0.717) is 12.0 Å². The van der Waals surface area contributed by atoms with Crippen molar-refractivity contribution in [1.82, 2.24) is 15.3 Å². The SMILES string of the molecule is CCC(CNCC1CCC(Nc2nc(N(C)C)c3ccccc3n2)CC1)c1ccccc1. The van der Waals surface area contributed by atoms with E-state index in [1.165, 1.54) is 37.7 Å². The molecule has 5 heteroatoms. The first-order valence-electron chi connectivity index (χ1n) is 12.1. The van der Waals surface area contributed by atoms with Gasteiger partial charge < -0.3 is 15.5 Å². The van der Waals surface area contributed by atoms with Gasteiger partial charge in [-0.2, -0.15) is 4.98 Å². The molecule has 2 aromatic carbocycles. The normalized spacial score (nSPS) is 19.6. The van der Waals surface area contributed by atoms with E-state index in [1.807, 2.05) is 26.2 Å². The summed E-state index contributed by atoms with van der Waals surface area (Å²) >= 11 is 0. The molecule has 4 rings (SSSR count). The van der Waals surface area contributed by atoms with Crippen molar-refractivity contribution in [3.8, 4) is 0 Å². The lowest BCUT2D eigenvalue weighted by Gasteiger charge is -2.30.